The minimum absolute atomic E-state index is 0.520. The summed E-state index contributed by atoms with van der Waals surface area (Å²) < 4.78 is 7.71. The topological polar surface area (TPSA) is 57.0 Å². The number of nitrogens with zero attached hydrogens (tertiary/aromatic N) is 2. The smallest absolute Gasteiger partial charge is 0.125 e. The molecule has 4 heteroatoms. The second-order valence-corrected chi connectivity index (χ2v) is 4.66. The van der Waals surface area contributed by atoms with Gasteiger partial charge in [0.2, 0.25) is 0 Å². The van der Waals surface area contributed by atoms with Crippen molar-refractivity contribution in [1.82, 2.24) is 9.78 Å². The van der Waals surface area contributed by atoms with Crippen LogP contribution in [-0.2, 0) is 19.5 Å². The van der Waals surface area contributed by atoms with Crippen molar-refractivity contribution in [2.75, 3.05) is 0 Å². The summed E-state index contributed by atoms with van der Waals surface area (Å²) >= 11 is 0. The highest BCUT2D eigenvalue weighted by Crippen LogP contribution is 2.18. The van der Waals surface area contributed by atoms with E-state index in [1.165, 1.54) is 11.3 Å². The van der Waals surface area contributed by atoms with Gasteiger partial charge in [0, 0.05) is 17.8 Å². The van der Waals surface area contributed by atoms with Crippen molar-refractivity contribution in [3.05, 3.63) is 40.1 Å². The summed E-state index contributed by atoms with van der Waals surface area (Å²) in [5.41, 5.74) is 10.4. The first-order chi connectivity index (χ1) is 8.56. The summed E-state index contributed by atoms with van der Waals surface area (Å²) in [5, 5.41) is 4.57. The van der Waals surface area contributed by atoms with Crippen LogP contribution in [0, 0.1) is 20.8 Å². The fourth-order valence-corrected chi connectivity index (χ4v) is 2.42. The van der Waals surface area contributed by atoms with E-state index in [4.69, 9.17) is 10.2 Å². The van der Waals surface area contributed by atoms with Gasteiger partial charge in [-0.05, 0) is 38.8 Å². The summed E-state index contributed by atoms with van der Waals surface area (Å²) in [4.78, 5) is 0. The van der Waals surface area contributed by atoms with Crippen LogP contribution in [0.1, 0.15) is 41.0 Å². The average Bonchev–Trinajstić information content (AvgIpc) is 2.81. The molecule has 2 aromatic rings. The molecule has 2 rings (SSSR count). The van der Waals surface area contributed by atoms with Crippen LogP contribution in [0.5, 0.6) is 0 Å². The molecule has 2 heterocycles. The quantitative estimate of drug-likeness (QED) is 0.903. The Kier molecular flexibility index (Phi) is 3.57. The minimum atomic E-state index is 0.520. The molecule has 0 radical (unpaired) electrons. The van der Waals surface area contributed by atoms with Crippen molar-refractivity contribution in [2.24, 2.45) is 5.73 Å². The Morgan fingerprint density at radius 2 is 2.06 bits per heavy atom. The van der Waals surface area contributed by atoms with Gasteiger partial charge >= 0.3 is 0 Å². The van der Waals surface area contributed by atoms with Gasteiger partial charge in [0.25, 0.3) is 0 Å². The van der Waals surface area contributed by atoms with Crippen LogP contribution in [0.25, 0.3) is 0 Å². The lowest BCUT2D eigenvalue weighted by Crippen LogP contribution is -2.03. The molecule has 0 spiro atoms. The Morgan fingerprint density at radius 1 is 1.33 bits per heavy atom. The lowest BCUT2D eigenvalue weighted by Gasteiger charge is -2.02. The van der Waals surface area contributed by atoms with E-state index in [0.29, 0.717) is 13.1 Å². The maximum Gasteiger partial charge on any atom is 0.125 e. The predicted octanol–water partition coefficient (Wildman–Crippen LogP) is 2.47. The second kappa shape index (κ2) is 4.98. The molecule has 0 amide bonds. The van der Waals surface area contributed by atoms with Gasteiger partial charge < -0.3 is 10.2 Å². The number of aromatic nitrogens is 2. The average molecular weight is 247 g/mol. The van der Waals surface area contributed by atoms with Gasteiger partial charge in [0.05, 0.1) is 12.2 Å². The van der Waals surface area contributed by atoms with E-state index in [2.05, 4.69) is 25.9 Å². The summed E-state index contributed by atoms with van der Waals surface area (Å²) in [5.74, 6) is 1.82. The Labute approximate surface area is 108 Å². The Balaban J connectivity index is 2.28. The molecule has 0 aromatic carbocycles. The van der Waals surface area contributed by atoms with Crippen LogP contribution >= 0.6 is 0 Å². The minimum Gasteiger partial charge on any atom is -0.464 e. The lowest BCUT2D eigenvalue weighted by atomic mass is 10.1. The van der Waals surface area contributed by atoms with Crippen molar-refractivity contribution in [3.63, 3.8) is 0 Å². The third-order valence-corrected chi connectivity index (χ3v) is 3.48. The number of nitrogens with two attached hydrogens (primary N) is 1. The van der Waals surface area contributed by atoms with Crippen molar-refractivity contribution >= 4 is 0 Å². The van der Waals surface area contributed by atoms with Crippen LogP contribution in [0.3, 0.4) is 0 Å². The molecule has 0 bridgehead atoms. The third kappa shape index (κ3) is 2.20. The molecule has 0 saturated carbocycles. The van der Waals surface area contributed by atoms with Gasteiger partial charge in [-0.1, -0.05) is 6.92 Å². The highest BCUT2D eigenvalue weighted by atomic mass is 16.3. The van der Waals surface area contributed by atoms with Crippen LogP contribution in [-0.4, -0.2) is 9.78 Å². The van der Waals surface area contributed by atoms with Crippen LogP contribution < -0.4 is 5.73 Å². The zero-order chi connectivity index (χ0) is 13.3. The summed E-state index contributed by atoms with van der Waals surface area (Å²) in [6.45, 7) is 9.47. The van der Waals surface area contributed by atoms with Gasteiger partial charge in [0.15, 0.2) is 0 Å². The SMILES string of the molecule is CCc1c(C)nn(Cc2cc(CN)c(C)o2)c1C. The highest BCUT2D eigenvalue weighted by molar-refractivity contribution is 5.26. The first-order valence-electron chi connectivity index (χ1n) is 6.38. The lowest BCUT2D eigenvalue weighted by molar-refractivity contribution is 0.454. The monoisotopic (exact) mass is 247 g/mol. The fraction of sp³-hybridized carbons (Fsp3) is 0.500. The van der Waals surface area contributed by atoms with Crippen LogP contribution in [0.4, 0.5) is 0 Å². The van der Waals surface area contributed by atoms with E-state index in [-0.39, 0.29) is 0 Å². The molecule has 4 nitrogen and oxygen atoms in total. The van der Waals surface area contributed by atoms with Crippen molar-refractivity contribution in [1.29, 1.82) is 0 Å². The molecule has 0 atom stereocenters. The van der Waals surface area contributed by atoms with Gasteiger partial charge in [0.1, 0.15) is 11.5 Å². The number of rotatable bonds is 4. The van der Waals surface area contributed by atoms with Crippen molar-refractivity contribution in [3.8, 4) is 0 Å². The van der Waals surface area contributed by atoms with Crippen LogP contribution in [0.15, 0.2) is 10.5 Å². The molecule has 2 aromatic heterocycles. The van der Waals surface area contributed by atoms with E-state index in [0.717, 1.165) is 29.2 Å². The Hall–Kier alpha value is -1.55. The molecule has 2 N–H and O–H groups in total. The highest BCUT2D eigenvalue weighted by Gasteiger charge is 2.12. The molecular formula is C14H21N3O. The van der Waals surface area contributed by atoms with Gasteiger partial charge in [-0.3, -0.25) is 4.68 Å². The van der Waals surface area contributed by atoms with E-state index in [9.17, 15) is 0 Å². The van der Waals surface area contributed by atoms with Crippen LogP contribution in [0.2, 0.25) is 0 Å². The Bertz CT molecular complexity index is 552. The summed E-state index contributed by atoms with van der Waals surface area (Å²) in [7, 11) is 0. The second-order valence-electron chi connectivity index (χ2n) is 4.66. The molecule has 0 aliphatic carbocycles. The molecule has 0 fully saturated rings. The maximum absolute atomic E-state index is 5.71. The number of hydrogen-bond acceptors (Lipinski definition) is 3. The standard InChI is InChI=1S/C14H21N3O/c1-5-14-9(2)16-17(10(14)3)8-13-6-12(7-15)11(4)18-13/h6H,5,7-8,15H2,1-4H3. The molecule has 0 saturated heterocycles. The van der Waals surface area contributed by atoms with E-state index < -0.39 is 0 Å². The number of furan rings is 1. The maximum atomic E-state index is 5.71. The number of aryl methyl sites for hydroxylation is 2. The van der Waals surface area contributed by atoms with E-state index in [1.54, 1.807) is 0 Å². The Morgan fingerprint density at radius 3 is 2.56 bits per heavy atom. The van der Waals surface area contributed by atoms with Crippen molar-refractivity contribution in [2.45, 2.75) is 47.2 Å². The molecule has 0 unspecified atom stereocenters. The zero-order valence-electron chi connectivity index (χ0n) is 11.6. The molecule has 0 aliphatic rings. The molecular weight excluding hydrogens is 226 g/mol. The molecule has 18 heavy (non-hydrogen) atoms. The first kappa shape index (κ1) is 12.9. The molecule has 98 valence electrons. The van der Waals surface area contributed by atoms with E-state index in [1.807, 2.05) is 17.7 Å². The summed E-state index contributed by atoms with van der Waals surface area (Å²) in [6.07, 6.45) is 1.02. The first-order valence-corrected chi connectivity index (χ1v) is 6.38. The number of hydrogen-bond donors (Lipinski definition) is 1. The fourth-order valence-electron chi connectivity index (χ4n) is 2.42. The summed E-state index contributed by atoms with van der Waals surface area (Å²) in [6, 6.07) is 2.03. The third-order valence-electron chi connectivity index (χ3n) is 3.48. The largest absolute Gasteiger partial charge is 0.464 e. The normalized spacial score (nSPS) is 11.2. The van der Waals surface area contributed by atoms with E-state index >= 15 is 0 Å². The van der Waals surface area contributed by atoms with Crippen molar-refractivity contribution < 1.29 is 4.42 Å². The van der Waals surface area contributed by atoms with Gasteiger partial charge in [-0.2, -0.15) is 5.10 Å². The zero-order valence-corrected chi connectivity index (χ0v) is 11.6. The van der Waals surface area contributed by atoms with Gasteiger partial charge in [-0.25, -0.2) is 0 Å². The molecule has 0 aliphatic heterocycles. The predicted molar refractivity (Wildman–Crippen MR) is 71.5 cm³/mol. The van der Waals surface area contributed by atoms with Gasteiger partial charge in [-0.15, -0.1) is 0 Å².